The van der Waals surface area contributed by atoms with Gasteiger partial charge in [0.15, 0.2) is 0 Å². The number of carbonyl (C=O) groups is 4. The second kappa shape index (κ2) is 8.30. The average Bonchev–Trinajstić information content (AvgIpc) is 2.16. The van der Waals surface area contributed by atoms with Gasteiger partial charge in [-0.05, 0) is 6.92 Å². The quantitative estimate of drug-likeness (QED) is 0.264. The molecule has 0 spiro atoms. The minimum absolute atomic E-state index is 0.595. The molecule has 8 heteroatoms. The van der Waals surface area contributed by atoms with Crippen LogP contribution in [0.2, 0.25) is 0 Å². The monoisotopic (exact) mass is 253 g/mol. The van der Waals surface area contributed by atoms with Gasteiger partial charge < -0.3 is 10.5 Å². The number of thiol groups is 2. The highest BCUT2D eigenvalue weighted by Crippen LogP contribution is 1.94. The smallest absolute Gasteiger partial charge is 0.317 e. The summed E-state index contributed by atoms with van der Waals surface area (Å²) in [7, 11) is 1.21. The molecule has 1 amide bonds. The van der Waals surface area contributed by atoms with E-state index in [2.05, 4.69) is 30.0 Å². The largest absolute Gasteiger partial charge is 0.468 e. The lowest BCUT2D eigenvalue weighted by atomic mass is 10.2. The number of methoxy groups -OCH3 is 1. The molecule has 0 aromatic rings. The third-order valence-electron chi connectivity index (χ3n) is 1.16. The fourth-order valence-corrected chi connectivity index (χ4v) is 0.293. The van der Waals surface area contributed by atoms with Crippen LogP contribution in [0, 0.1) is 5.92 Å². The third kappa shape index (κ3) is 9.29. The molecular formula is C7H11NO5S2. The van der Waals surface area contributed by atoms with E-state index in [0.29, 0.717) is 0 Å². The van der Waals surface area contributed by atoms with Crippen LogP contribution in [-0.4, -0.2) is 29.2 Å². The van der Waals surface area contributed by atoms with Crippen molar-refractivity contribution in [3.05, 3.63) is 0 Å². The Balaban J connectivity index is 0. The summed E-state index contributed by atoms with van der Waals surface area (Å²) in [5.41, 5.74) is 4.77. The molecule has 0 bridgehead atoms. The number of ether oxygens (including phenoxy) is 1. The lowest BCUT2D eigenvalue weighted by Crippen LogP contribution is -2.28. The van der Waals surface area contributed by atoms with Crippen LogP contribution in [-0.2, 0) is 23.9 Å². The predicted octanol–water partition coefficient (Wildman–Crippen LogP) is -0.820. The Kier molecular flexibility index (Phi) is 9.08. The summed E-state index contributed by atoms with van der Waals surface area (Å²) in [4.78, 5) is 39.8. The van der Waals surface area contributed by atoms with Crippen molar-refractivity contribution >= 4 is 47.4 Å². The summed E-state index contributed by atoms with van der Waals surface area (Å²) in [5, 5.41) is -1.64. The van der Waals surface area contributed by atoms with Gasteiger partial charge in [-0.15, -0.1) is 0 Å². The van der Waals surface area contributed by atoms with Crippen molar-refractivity contribution in [3.63, 3.8) is 0 Å². The first-order chi connectivity index (χ1) is 6.73. The fourth-order valence-electron chi connectivity index (χ4n) is 0.293. The number of amides is 1. The van der Waals surface area contributed by atoms with E-state index in [1.807, 2.05) is 0 Å². The Morgan fingerprint density at radius 2 is 1.47 bits per heavy atom. The molecule has 1 atom stereocenters. The summed E-state index contributed by atoms with van der Waals surface area (Å²) in [6.45, 7) is 1.40. The zero-order chi connectivity index (χ0) is 12.6. The molecule has 0 aromatic carbocycles. The molecule has 0 fully saturated rings. The van der Waals surface area contributed by atoms with E-state index >= 15 is 0 Å². The molecule has 0 saturated heterocycles. The minimum Gasteiger partial charge on any atom is -0.468 e. The van der Waals surface area contributed by atoms with Crippen LogP contribution in [0.1, 0.15) is 6.92 Å². The topological polar surface area (TPSA) is 104 Å². The maximum atomic E-state index is 10.4. The number of rotatable bonds is 3. The molecule has 86 valence electrons. The molecule has 0 heterocycles. The Morgan fingerprint density at radius 1 is 1.13 bits per heavy atom. The molecule has 0 saturated carbocycles. The molecule has 0 aliphatic heterocycles. The summed E-state index contributed by atoms with van der Waals surface area (Å²) >= 11 is 6.26. The van der Waals surface area contributed by atoms with Gasteiger partial charge in [-0.1, -0.05) is 25.3 Å². The minimum atomic E-state index is -0.838. The normalized spacial score (nSPS) is 10.4. The van der Waals surface area contributed by atoms with E-state index < -0.39 is 28.0 Å². The van der Waals surface area contributed by atoms with Crippen molar-refractivity contribution in [2.24, 2.45) is 11.7 Å². The van der Waals surface area contributed by atoms with E-state index in [1.165, 1.54) is 14.0 Å². The molecule has 0 aliphatic carbocycles. The van der Waals surface area contributed by atoms with Gasteiger partial charge in [0.05, 0.1) is 7.11 Å². The SMILES string of the molecule is COC(=O)C(C)C(N)=O.O=C(S)C(=O)S. The van der Waals surface area contributed by atoms with Gasteiger partial charge in [-0.3, -0.25) is 19.2 Å². The van der Waals surface area contributed by atoms with Crippen molar-refractivity contribution in [2.75, 3.05) is 7.11 Å². The molecule has 1 unspecified atom stereocenters. The van der Waals surface area contributed by atoms with Crippen molar-refractivity contribution in [2.45, 2.75) is 6.92 Å². The van der Waals surface area contributed by atoms with Crippen LogP contribution in [0.4, 0.5) is 0 Å². The van der Waals surface area contributed by atoms with Crippen LogP contribution in [0.3, 0.4) is 0 Å². The first-order valence-corrected chi connectivity index (χ1v) is 4.46. The van der Waals surface area contributed by atoms with Gasteiger partial charge in [0.2, 0.25) is 5.91 Å². The van der Waals surface area contributed by atoms with E-state index in [4.69, 9.17) is 5.73 Å². The van der Waals surface area contributed by atoms with Crippen LogP contribution >= 0.6 is 25.3 Å². The first kappa shape index (κ1) is 16.4. The standard InChI is InChI=1S/C5H9NO3.C2H2O2S2/c1-3(4(6)7)5(8)9-2;3-1(5)2(4)6/h3H,1-2H3,(H2,6,7);(H,3,5)(H,4,6). The number of nitrogens with two attached hydrogens (primary N) is 1. The lowest BCUT2D eigenvalue weighted by Gasteiger charge is -2.01. The number of carbonyl (C=O) groups excluding carboxylic acids is 4. The van der Waals surface area contributed by atoms with Gasteiger partial charge in [0.25, 0.3) is 10.2 Å². The predicted molar refractivity (Wildman–Crippen MR) is 58.4 cm³/mol. The average molecular weight is 253 g/mol. The molecule has 0 rings (SSSR count). The van der Waals surface area contributed by atoms with Crippen molar-refractivity contribution < 1.29 is 23.9 Å². The van der Waals surface area contributed by atoms with Crippen LogP contribution in [0.5, 0.6) is 0 Å². The Bertz CT molecular complexity index is 267. The maximum Gasteiger partial charge on any atom is 0.317 e. The second-order valence-corrected chi connectivity index (χ2v) is 3.07. The molecule has 0 radical (unpaired) electrons. The molecular weight excluding hydrogens is 242 g/mol. The second-order valence-electron chi connectivity index (χ2n) is 2.26. The van der Waals surface area contributed by atoms with Crippen LogP contribution < -0.4 is 5.73 Å². The molecule has 15 heavy (non-hydrogen) atoms. The highest BCUT2D eigenvalue weighted by Gasteiger charge is 2.18. The summed E-state index contributed by atoms with van der Waals surface area (Å²) < 4.78 is 4.23. The number of esters is 1. The molecule has 0 aromatic heterocycles. The lowest BCUT2D eigenvalue weighted by molar-refractivity contribution is -0.148. The van der Waals surface area contributed by atoms with E-state index in [9.17, 15) is 19.2 Å². The van der Waals surface area contributed by atoms with Gasteiger partial charge in [-0.2, -0.15) is 0 Å². The van der Waals surface area contributed by atoms with Gasteiger partial charge in [0, 0.05) is 0 Å². The third-order valence-corrected chi connectivity index (χ3v) is 1.75. The highest BCUT2D eigenvalue weighted by atomic mass is 32.1. The molecule has 2 N–H and O–H groups in total. The molecule has 0 aliphatic rings. The van der Waals surface area contributed by atoms with Crippen molar-refractivity contribution in [3.8, 4) is 0 Å². The number of hydrogen-bond donors (Lipinski definition) is 3. The highest BCUT2D eigenvalue weighted by molar-refractivity contribution is 8.09. The Labute approximate surface area is 97.3 Å². The number of primary amides is 1. The summed E-state index contributed by atoms with van der Waals surface area (Å²) in [6, 6.07) is 0. The van der Waals surface area contributed by atoms with E-state index in [1.54, 1.807) is 0 Å². The molecule has 6 nitrogen and oxygen atoms in total. The number of hydrogen-bond acceptors (Lipinski definition) is 5. The van der Waals surface area contributed by atoms with Gasteiger partial charge in [0.1, 0.15) is 5.92 Å². The fraction of sp³-hybridized carbons (Fsp3) is 0.429. The van der Waals surface area contributed by atoms with E-state index in [0.717, 1.165) is 0 Å². The maximum absolute atomic E-state index is 10.4. The first-order valence-electron chi connectivity index (χ1n) is 3.57. The van der Waals surface area contributed by atoms with Crippen LogP contribution in [0.15, 0.2) is 0 Å². The van der Waals surface area contributed by atoms with Crippen LogP contribution in [0.25, 0.3) is 0 Å². The summed E-state index contributed by atoms with van der Waals surface area (Å²) in [6.07, 6.45) is 0. The van der Waals surface area contributed by atoms with Gasteiger partial charge >= 0.3 is 5.97 Å². The zero-order valence-electron chi connectivity index (χ0n) is 8.09. The Hall–Kier alpha value is -1.02. The Morgan fingerprint density at radius 3 is 1.53 bits per heavy atom. The summed E-state index contributed by atoms with van der Waals surface area (Å²) in [5.74, 6) is -2.10. The van der Waals surface area contributed by atoms with Crippen molar-refractivity contribution in [1.29, 1.82) is 0 Å². The zero-order valence-corrected chi connectivity index (χ0v) is 9.88. The van der Waals surface area contributed by atoms with E-state index in [-0.39, 0.29) is 0 Å². The van der Waals surface area contributed by atoms with Crippen molar-refractivity contribution in [1.82, 2.24) is 0 Å². The van der Waals surface area contributed by atoms with Gasteiger partial charge in [-0.25, -0.2) is 0 Å².